The average Bonchev–Trinajstić information content (AvgIpc) is 2.76. The van der Waals surface area contributed by atoms with Crippen molar-refractivity contribution in [1.29, 1.82) is 0 Å². The molecule has 1 amide bonds. The van der Waals surface area contributed by atoms with Crippen molar-refractivity contribution in [2.75, 3.05) is 26.2 Å². The van der Waals surface area contributed by atoms with Gasteiger partial charge in [-0.05, 0) is 54.3 Å². The van der Waals surface area contributed by atoms with Gasteiger partial charge >= 0.3 is 5.82 Å². The number of aliphatic imine (C=N–C) groups is 1. The average molecular weight is 448 g/mol. The topological polar surface area (TPSA) is 101 Å². The number of aromatic nitrogens is 1. The van der Waals surface area contributed by atoms with E-state index in [1.54, 1.807) is 48.6 Å². The van der Waals surface area contributed by atoms with Crippen molar-refractivity contribution in [2.24, 2.45) is 4.99 Å². The smallest absolute Gasteiger partial charge is 0.360 e. The number of carbonyl (C=O) groups excluding carboxylic acids is 1. The van der Waals surface area contributed by atoms with Crippen LogP contribution in [0.1, 0.15) is 25.3 Å². The Morgan fingerprint density at radius 1 is 1.45 bits per heavy atom. The molecule has 0 N–H and O–H groups in total. The van der Waals surface area contributed by atoms with Crippen molar-refractivity contribution < 1.29 is 14.5 Å². The Morgan fingerprint density at radius 3 is 2.94 bits per heavy atom. The molecule has 0 bridgehead atoms. The van der Waals surface area contributed by atoms with Gasteiger partial charge in [0, 0.05) is 43.8 Å². The number of morpholine rings is 1. The van der Waals surface area contributed by atoms with E-state index in [1.807, 2.05) is 0 Å². The maximum Gasteiger partial charge on any atom is 0.366 e. The Hall–Kier alpha value is -2.62. The van der Waals surface area contributed by atoms with Crippen LogP contribution in [0.4, 0.5) is 5.82 Å². The van der Waals surface area contributed by atoms with Crippen LogP contribution in [-0.4, -0.2) is 69.7 Å². The van der Waals surface area contributed by atoms with Crippen LogP contribution in [0, 0.1) is 10.1 Å². The van der Waals surface area contributed by atoms with Gasteiger partial charge in [-0.15, -0.1) is 0 Å². The second-order valence-corrected chi connectivity index (χ2v) is 7.91. The van der Waals surface area contributed by atoms with E-state index in [2.05, 4.69) is 14.9 Å². The summed E-state index contributed by atoms with van der Waals surface area (Å²) in [5.41, 5.74) is 1.60. The van der Waals surface area contributed by atoms with Crippen LogP contribution in [0.25, 0.3) is 0 Å². The summed E-state index contributed by atoms with van der Waals surface area (Å²) in [5.74, 6) is -0.165. The molecule has 2 saturated heterocycles. The second-order valence-electron chi connectivity index (χ2n) is 7.66. The summed E-state index contributed by atoms with van der Waals surface area (Å²) in [6.07, 6.45) is 9.42. The summed E-state index contributed by atoms with van der Waals surface area (Å²) in [7, 11) is 0. The first-order chi connectivity index (χ1) is 14.9. The highest BCUT2D eigenvalue weighted by atomic mass is 35.5. The lowest BCUT2D eigenvalue weighted by molar-refractivity contribution is -0.390. The molecule has 166 valence electrons. The number of piperidine rings is 1. The van der Waals surface area contributed by atoms with Crippen molar-refractivity contribution in [3.63, 3.8) is 0 Å². The van der Waals surface area contributed by atoms with Crippen molar-refractivity contribution in [3.05, 3.63) is 58.0 Å². The monoisotopic (exact) mass is 447 g/mol. The number of hydrogen-bond acceptors (Lipinski definition) is 7. The third-order valence-electron chi connectivity index (χ3n) is 5.60. The van der Waals surface area contributed by atoms with Gasteiger partial charge in [-0.25, -0.2) is 0 Å². The highest BCUT2D eigenvalue weighted by Crippen LogP contribution is 2.33. The Labute approximate surface area is 186 Å². The fraction of sp³-hybridized carbons (Fsp3) is 0.476. The van der Waals surface area contributed by atoms with E-state index in [-0.39, 0.29) is 11.7 Å². The number of nitro groups is 1. The minimum absolute atomic E-state index is 0.0782. The molecule has 3 rings (SSSR count). The Bertz CT molecular complexity index is 880. The zero-order valence-corrected chi connectivity index (χ0v) is 18.1. The molecule has 3 heterocycles. The van der Waals surface area contributed by atoms with Crippen LogP contribution < -0.4 is 0 Å². The quantitative estimate of drug-likeness (QED) is 0.362. The SMILES string of the molecule is CC1OC2(CCN(CCc3cccnc3[N+](=O)[O-])CC2)CN(/C=C/N=C\C=C\Cl)C1=O. The lowest BCUT2D eigenvalue weighted by atomic mass is 9.88. The molecule has 0 saturated carbocycles. The molecule has 2 fully saturated rings. The van der Waals surface area contributed by atoms with Crippen molar-refractivity contribution >= 4 is 29.5 Å². The van der Waals surface area contributed by atoms with Gasteiger partial charge in [0.2, 0.25) is 0 Å². The van der Waals surface area contributed by atoms with Crippen LogP contribution in [0.15, 0.2) is 47.3 Å². The van der Waals surface area contributed by atoms with Crippen LogP contribution in [0.2, 0.25) is 0 Å². The van der Waals surface area contributed by atoms with E-state index in [1.165, 1.54) is 11.7 Å². The zero-order chi connectivity index (χ0) is 22.3. The molecular weight excluding hydrogens is 422 g/mol. The molecular formula is C21H26ClN5O4. The van der Waals surface area contributed by atoms with Crippen molar-refractivity contribution in [2.45, 2.75) is 37.9 Å². The van der Waals surface area contributed by atoms with Crippen LogP contribution in [0.3, 0.4) is 0 Å². The third-order valence-corrected chi connectivity index (χ3v) is 5.74. The number of hydrogen-bond donors (Lipinski definition) is 0. The third kappa shape index (κ3) is 5.96. The molecule has 10 heteroatoms. The molecule has 0 aliphatic carbocycles. The lowest BCUT2D eigenvalue weighted by Gasteiger charge is -2.48. The van der Waals surface area contributed by atoms with E-state index in [0.29, 0.717) is 25.1 Å². The van der Waals surface area contributed by atoms with Gasteiger partial charge in [-0.3, -0.25) is 9.79 Å². The van der Waals surface area contributed by atoms with E-state index in [9.17, 15) is 14.9 Å². The zero-order valence-electron chi connectivity index (χ0n) is 17.4. The van der Waals surface area contributed by atoms with Gasteiger partial charge in [0.05, 0.1) is 17.7 Å². The summed E-state index contributed by atoms with van der Waals surface area (Å²) in [5, 5.41) is 11.1. The normalized spacial score (nSPS) is 22.3. The minimum atomic E-state index is -0.519. The van der Waals surface area contributed by atoms with Crippen molar-refractivity contribution in [1.82, 2.24) is 14.8 Å². The molecule has 1 atom stereocenters. The van der Waals surface area contributed by atoms with Gasteiger partial charge in [0.1, 0.15) is 12.3 Å². The Kier molecular flexibility index (Phi) is 7.89. The molecule has 31 heavy (non-hydrogen) atoms. The molecule has 2 aliphatic heterocycles. The van der Waals surface area contributed by atoms with E-state index < -0.39 is 16.6 Å². The summed E-state index contributed by atoms with van der Waals surface area (Å²) in [6.45, 7) is 4.56. The highest BCUT2D eigenvalue weighted by molar-refractivity contribution is 6.26. The van der Waals surface area contributed by atoms with E-state index in [0.717, 1.165) is 25.9 Å². The number of likely N-dealkylation sites (tertiary alicyclic amines) is 1. The fourth-order valence-electron chi connectivity index (χ4n) is 3.99. The van der Waals surface area contributed by atoms with Crippen molar-refractivity contribution in [3.8, 4) is 0 Å². The summed E-state index contributed by atoms with van der Waals surface area (Å²) < 4.78 is 6.15. The maximum atomic E-state index is 12.5. The Balaban J connectivity index is 1.57. The molecule has 1 aromatic heterocycles. The van der Waals surface area contributed by atoms with Crippen LogP contribution in [-0.2, 0) is 16.0 Å². The number of carbonyl (C=O) groups is 1. The number of halogens is 1. The predicted molar refractivity (Wildman–Crippen MR) is 118 cm³/mol. The lowest BCUT2D eigenvalue weighted by Crippen LogP contribution is -2.60. The molecule has 9 nitrogen and oxygen atoms in total. The number of pyridine rings is 1. The first-order valence-corrected chi connectivity index (χ1v) is 10.6. The molecule has 1 spiro atoms. The second kappa shape index (κ2) is 10.6. The minimum Gasteiger partial charge on any atom is -0.360 e. The summed E-state index contributed by atoms with van der Waals surface area (Å²) in [6, 6.07) is 3.48. The van der Waals surface area contributed by atoms with Crippen LogP contribution in [0.5, 0.6) is 0 Å². The number of nitrogens with zero attached hydrogens (tertiary/aromatic N) is 5. The predicted octanol–water partition coefficient (Wildman–Crippen LogP) is 2.91. The first kappa shape index (κ1) is 23.1. The Morgan fingerprint density at radius 2 is 2.23 bits per heavy atom. The van der Waals surface area contributed by atoms with E-state index >= 15 is 0 Å². The van der Waals surface area contributed by atoms with Gasteiger partial charge in [0.25, 0.3) is 5.91 Å². The molecule has 2 aliphatic rings. The first-order valence-electron chi connectivity index (χ1n) is 10.2. The van der Waals surface area contributed by atoms with Crippen LogP contribution >= 0.6 is 11.6 Å². The van der Waals surface area contributed by atoms with E-state index in [4.69, 9.17) is 16.3 Å². The standard InChI is InChI=1S/C21H26ClN5O4/c1-17-20(28)26(15-11-23-9-3-8-22)16-21(31-17)6-13-25(14-7-21)12-5-18-4-2-10-24-19(18)27(29)30/h2-4,8-11,15,17H,5-7,12-14,16H2,1H3/b8-3+,15-11+,23-9-. The number of amides is 1. The molecule has 0 radical (unpaired) electrons. The fourth-order valence-corrected chi connectivity index (χ4v) is 4.06. The van der Waals surface area contributed by atoms with Gasteiger partial charge in [-0.1, -0.05) is 11.6 Å². The number of allylic oxidation sites excluding steroid dienone is 1. The summed E-state index contributed by atoms with van der Waals surface area (Å²) >= 11 is 5.45. The highest BCUT2D eigenvalue weighted by Gasteiger charge is 2.44. The molecule has 1 unspecified atom stereocenters. The van der Waals surface area contributed by atoms with Gasteiger partial charge < -0.3 is 24.7 Å². The van der Waals surface area contributed by atoms with Gasteiger partial charge in [0.15, 0.2) is 0 Å². The molecule has 1 aromatic rings. The summed E-state index contributed by atoms with van der Waals surface area (Å²) in [4.78, 5) is 35.1. The van der Waals surface area contributed by atoms with Gasteiger partial charge in [-0.2, -0.15) is 0 Å². The maximum absolute atomic E-state index is 12.5. The molecule has 0 aromatic carbocycles. The number of ether oxygens (including phenoxy) is 1. The number of rotatable bonds is 7. The largest absolute Gasteiger partial charge is 0.366 e.